The van der Waals surface area contributed by atoms with Gasteiger partial charge in [0.1, 0.15) is 5.92 Å². The third kappa shape index (κ3) is 3.07. The monoisotopic (exact) mass is 380 g/mol. The fourth-order valence-corrected chi connectivity index (χ4v) is 3.64. The Morgan fingerprint density at radius 1 is 0.857 bits per heavy atom. The van der Waals surface area contributed by atoms with Gasteiger partial charge >= 0.3 is 5.97 Å². The number of hydrogen-bond acceptors (Lipinski definition) is 5. The van der Waals surface area contributed by atoms with E-state index in [2.05, 4.69) is 13.2 Å². The van der Waals surface area contributed by atoms with Crippen LogP contribution >= 0.6 is 0 Å². The second-order valence-corrected chi connectivity index (χ2v) is 6.57. The van der Waals surface area contributed by atoms with Gasteiger partial charge in [-0.2, -0.15) is 0 Å². The molecule has 2 aromatic rings. The summed E-state index contributed by atoms with van der Waals surface area (Å²) >= 11 is 0. The standard InChI is InChI=1S/C22H20O6/c1-3-5-13-7-17-19(27-11-25-17)9-15(13)21(22(23)24)16-10-20-18(26-12-28-20)8-14(16)6-4-2/h3-4,7-10,21H,1-2,5-6,11-12H2,(H,23,24). The fraction of sp³-hybridized carbons (Fsp3) is 0.227. The summed E-state index contributed by atoms with van der Waals surface area (Å²) in [6, 6.07) is 7.16. The van der Waals surface area contributed by atoms with Crippen molar-refractivity contribution in [1.82, 2.24) is 0 Å². The topological polar surface area (TPSA) is 74.2 Å². The molecule has 0 unspecified atom stereocenters. The fourth-order valence-electron chi connectivity index (χ4n) is 3.64. The van der Waals surface area contributed by atoms with Crippen LogP contribution in [0.1, 0.15) is 28.2 Å². The Labute approximate surface area is 162 Å². The summed E-state index contributed by atoms with van der Waals surface area (Å²) in [5.41, 5.74) is 2.93. The third-order valence-electron chi connectivity index (χ3n) is 4.87. The lowest BCUT2D eigenvalue weighted by Gasteiger charge is -2.21. The van der Waals surface area contributed by atoms with Crippen molar-refractivity contribution in [3.05, 3.63) is 71.8 Å². The maximum atomic E-state index is 12.4. The number of fused-ring (bicyclic) bond motifs is 2. The molecule has 0 amide bonds. The summed E-state index contributed by atoms with van der Waals surface area (Å²) in [6.45, 7) is 7.83. The Balaban J connectivity index is 1.91. The zero-order valence-corrected chi connectivity index (χ0v) is 15.3. The van der Waals surface area contributed by atoms with Crippen molar-refractivity contribution in [3.8, 4) is 23.0 Å². The number of carbonyl (C=O) groups is 1. The van der Waals surface area contributed by atoms with Crippen LogP contribution in [0.25, 0.3) is 0 Å². The van der Waals surface area contributed by atoms with Crippen molar-refractivity contribution in [3.63, 3.8) is 0 Å². The lowest BCUT2D eigenvalue weighted by Crippen LogP contribution is -2.17. The molecular formula is C22H20O6. The number of aliphatic carboxylic acids is 1. The van der Waals surface area contributed by atoms with E-state index < -0.39 is 11.9 Å². The Kier molecular flexibility index (Phi) is 4.69. The summed E-state index contributed by atoms with van der Waals surface area (Å²) < 4.78 is 21.9. The third-order valence-corrected chi connectivity index (χ3v) is 4.87. The highest BCUT2D eigenvalue weighted by Gasteiger charge is 2.31. The molecule has 1 N–H and O–H groups in total. The SMILES string of the molecule is C=CCc1cc2c(cc1C(C(=O)O)c1cc3c(cc1CC=C)OCO3)OCO2. The van der Waals surface area contributed by atoms with Gasteiger partial charge in [0.2, 0.25) is 13.6 Å². The number of hydrogen-bond donors (Lipinski definition) is 1. The van der Waals surface area contributed by atoms with Crippen LogP contribution in [0.3, 0.4) is 0 Å². The van der Waals surface area contributed by atoms with Crippen molar-refractivity contribution >= 4 is 5.97 Å². The Bertz CT molecular complexity index is 890. The number of rotatable bonds is 7. The quantitative estimate of drug-likeness (QED) is 0.736. The molecule has 0 saturated heterocycles. The predicted molar refractivity (Wildman–Crippen MR) is 102 cm³/mol. The first-order valence-electron chi connectivity index (χ1n) is 8.91. The van der Waals surface area contributed by atoms with Gasteiger partial charge in [-0.25, -0.2) is 0 Å². The van der Waals surface area contributed by atoms with Crippen LogP contribution in [0.2, 0.25) is 0 Å². The normalized spacial score (nSPS) is 13.6. The minimum absolute atomic E-state index is 0.121. The van der Waals surface area contributed by atoms with Crippen molar-refractivity contribution < 1.29 is 28.8 Å². The zero-order chi connectivity index (χ0) is 19.7. The number of carboxylic acid groups (broad SMARTS) is 1. The molecule has 2 aliphatic rings. The molecule has 4 rings (SSSR count). The molecule has 2 aliphatic heterocycles. The Morgan fingerprint density at radius 2 is 1.25 bits per heavy atom. The van der Waals surface area contributed by atoms with E-state index in [9.17, 15) is 9.90 Å². The first-order chi connectivity index (χ1) is 13.6. The molecule has 0 spiro atoms. The molecule has 0 bridgehead atoms. The summed E-state index contributed by atoms with van der Waals surface area (Å²) in [5.74, 6) is 0.436. The lowest BCUT2D eigenvalue weighted by atomic mass is 9.83. The van der Waals surface area contributed by atoms with Crippen LogP contribution in [-0.4, -0.2) is 24.7 Å². The maximum absolute atomic E-state index is 12.4. The van der Waals surface area contributed by atoms with E-state index in [0.717, 1.165) is 11.1 Å². The molecule has 28 heavy (non-hydrogen) atoms. The molecule has 0 aliphatic carbocycles. The maximum Gasteiger partial charge on any atom is 0.315 e. The van der Waals surface area contributed by atoms with Gasteiger partial charge in [0, 0.05) is 0 Å². The Hall–Kier alpha value is -3.41. The Morgan fingerprint density at radius 3 is 1.61 bits per heavy atom. The van der Waals surface area contributed by atoms with Crippen LogP contribution in [0.4, 0.5) is 0 Å². The van der Waals surface area contributed by atoms with Crippen LogP contribution in [0.5, 0.6) is 23.0 Å². The number of carboxylic acids is 1. The average Bonchev–Trinajstić information content (AvgIpc) is 3.30. The molecule has 2 heterocycles. The second kappa shape index (κ2) is 7.31. The van der Waals surface area contributed by atoms with Crippen molar-refractivity contribution in [2.45, 2.75) is 18.8 Å². The van der Waals surface area contributed by atoms with Gasteiger partial charge in [0.15, 0.2) is 23.0 Å². The van der Waals surface area contributed by atoms with Crippen LogP contribution < -0.4 is 18.9 Å². The van der Waals surface area contributed by atoms with Crippen LogP contribution in [0, 0.1) is 0 Å². The van der Waals surface area contributed by atoms with E-state index in [0.29, 0.717) is 47.0 Å². The van der Waals surface area contributed by atoms with Crippen molar-refractivity contribution in [1.29, 1.82) is 0 Å². The van der Waals surface area contributed by atoms with Crippen molar-refractivity contribution in [2.75, 3.05) is 13.6 Å². The van der Waals surface area contributed by atoms with E-state index in [1.807, 2.05) is 12.1 Å². The van der Waals surface area contributed by atoms with E-state index in [4.69, 9.17) is 18.9 Å². The van der Waals surface area contributed by atoms with Gasteiger partial charge in [-0.1, -0.05) is 12.2 Å². The molecule has 0 atom stereocenters. The van der Waals surface area contributed by atoms with Crippen molar-refractivity contribution in [2.24, 2.45) is 0 Å². The smallest absolute Gasteiger partial charge is 0.315 e. The van der Waals surface area contributed by atoms with Gasteiger partial charge < -0.3 is 24.1 Å². The van der Waals surface area contributed by atoms with E-state index >= 15 is 0 Å². The number of allylic oxidation sites excluding steroid dienone is 2. The number of benzene rings is 2. The molecule has 0 saturated carbocycles. The van der Waals surface area contributed by atoms with E-state index in [1.54, 1.807) is 24.3 Å². The minimum atomic E-state index is -0.964. The summed E-state index contributed by atoms with van der Waals surface area (Å²) in [6.07, 6.45) is 4.50. The van der Waals surface area contributed by atoms with E-state index in [1.165, 1.54) is 0 Å². The van der Waals surface area contributed by atoms with E-state index in [-0.39, 0.29) is 13.6 Å². The summed E-state index contributed by atoms with van der Waals surface area (Å²) in [7, 11) is 0. The largest absolute Gasteiger partial charge is 0.481 e. The molecule has 144 valence electrons. The molecule has 6 nitrogen and oxygen atoms in total. The molecule has 0 aromatic heterocycles. The first-order valence-corrected chi connectivity index (χ1v) is 8.91. The van der Waals surface area contributed by atoms with Gasteiger partial charge in [0.05, 0.1) is 0 Å². The summed E-state index contributed by atoms with van der Waals surface area (Å²) in [5, 5.41) is 10.2. The molecule has 6 heteroatoms. The highest BCUT2D eigenvalue weighted by atomic mass is 16.7. The lowest BCUT2D eigenvalue weighted by molar-refractivity contribution is -0.137. The molecular weight excluding hydrogens is 360 g/mol. The molecule has 2 aromatic carbocycles. The summed E-state index contributed by atoms with van der Waals surface area (Å²) in [4.78, 5) is 12.4. The van der Waals surface area contributed by atoms with Crippen LogP contribution in [-0.2, 0) is 17.6 Å². The first kappa shape index (κ1) is 18.0. The zero-order valence-electron chi connectivity index (χ0n) is 15.3. The number of ether oxygens (including phenoxy) is 4. The second-order valence-electron chi connectivity index (χ2n) is 6.57. The highest BCUT2D eigenvalue weighted by molar-refractivity contribution is 5.82. The molecule has 0 radical (unpaired) electrons. The molecule has 0 fully saturated rings. The predicted octanol–water partition coefficient (Wildman–Crippen LogP) is 3.82. The highest BCUT2D eigenvalue weighted by Crippen LogP contribution is 2.43. The van der Waals surface area contributed by atoms with Gasteiger partial charge in [-0.15, -0.1) is 13.2 Å². The van der Waals surface area contributed by atoms with Crippen LogP contribution in [0.15, 0.2) is 49.6 Å². The average molecular weight is 380 g/mol. The minimum Gasteiger partial charge on any atom is -0.481 e. The van der Waals surface area contributed by atoms with Gasteiger partial charge in [-0.05, 0) is 59.4 Å². The van der Waals surface area contributed by atoms with Gasteiger partial charge in [-0.3, -0.25) is 4.79 Å². The van der Waals surface area contributed by atoms with Gasteiger partial charge in [0.25, 0.3) is 0 Å².